The number of sulfonamides is 1. The van der Waals surface area contributed by atoms with Gasteiger partial charge in [-0.1, -0.05) is 24.3 Å². The Balaban J connectivity index is 1.75. The number of nitrogens with zero attached hydrogens (tertiary/aromatic N) is 1. The van der Waals surface area contributed by atoms with Gasteiger partial charge in [-0.3, -0.25) is 9.10 Å². The fourth-order valence-corrected chi connectivity index (χ4v) is 4.53. The lowest BCUT2D eigenvalue weighted by molar-refractivity contribution is 0.0940. The summed E-state index contributed by atoms with van der Waals surface area (Å²) in [4.78, 5) is 13.6. The Kier molecular flexibility index (Phi) is 5.62. The summed E-state index contributed by atoms with van der Waals surface area (Å²) >= 11 is 1.58. The van der Waals surface area contributed by atoms with Gasteiger partial charge in [-0.05, 0) is 54.8 Å². The van der Waals surface area contributed by atoms with Crippen LogP contribution < -0.4 is 9.62 Å². The van der Waals surface area contributed by atoms with Gasteiger partial charge in [0.1, 0.15) is 0 Å². The van der Waals surface area contributed by atoms with E-state index in [4.69, 9.17) is 0 Å². The third kappa shape index (κ3) is 4.20. The summed E-state index contributed by atoms with van der Waals surface area (Å²) in [5.74, 6) is -0.240. The van der Waals surface area contributed by atoms with Gasteiger partial charge in [-0.2, -0.15) is 0 Å². The van der Waals surface area contributed by atoms with E-state index in [0.717, 1.165) is 4.88 Å². The lowest BCUT2D eigenvalue weighted by Gasteiger charge is -2.19. The van der Waals surface area contributed by atoms with Crippen molar-refractivity contribution in [3.05, 3.63) is 82.6 Å². The fourth-order valence-electron chi connectivity index (χ4n) is 2.60. The third-order valence-electron chi connectivity index (χ3n) is 4.21. The Hall–Kier alpha value is -2.64. The molecular formula is C20H20N2O3S2. The van der Waals surface area contributed by atoms with Gasteiger partial charge < -0.3 is 5.32 Å². The van der Waals surface area contributed by atoms with Gasteiger partial charge >= 0.3 is 0 Å². The predicted molar refractivity (Wildman–Crippen MR) is 109 cm³/mol. The van der Waals surface area contributed by atoms with Crippen LogP contribution in [-0.4, -0.2) is 21.4 Å². The van der Waals surface area contributed by atoms with Gasteiger partial charge in [-0.15, -0.1) is 11.3 Å². The van der Waals surface area contributed by atoms with Crippen molar-refractivity contribution in [1.29, 1.82) is 0 Å². The third-order valence-corrected chi connectivity index (χ3v) is 7.07. The van der Waals surface area contributed by atoms with E-state index in [1.54, 1.807) is 35.6 Å². The van der Waals surface area contributed by atoms with Crippen molar-refractivity contribution in [3.63, 3.8) is 0 Å². The Bertz CT molecular complexity index is 999. The van der Waals surface area contributed by atoms with Crippen LogP contribution in [0.4, 0.5) is 5.69 Å². The molecule has 1 heterocycles. The first-order valence-electron chi connectivity index (χ1n) is 8.38. The van der Waals surface area contributed by atoms with Gasteiger partial charge in [0.25, 0.3) is 15.9 Å². The number of carbonyl (C=O) groups excluding carboxylic acids is 1. The number of thiophene rings is 1. The Morgan fingerprint density at radius 1 is 1.00 bits per heavy atom. The highest BCUT2D eigenvalue weighted by atomic mass is 32.2. The summed E-state index contributed by atoms with van der Waals surface area (Å²) in [6, 6.07) is 18.6. The molecule has 1 atom stereocenters. The monoisotopic (exact) mass is 400 g/mol. The highest BCUT2D eigenvalue weighted by Gasteiger charge is 2.21. The largest absolute Gasteiger partial charge is 0.345 e. The number of rotatable bonds is 6. The molecule has 140 valence electrons. The average Bonchev–Trinajstić information content (AvgIpc) is 3.23. The Morgan fingerprint density at radius 3 is 2.26 bits per heavy atom. The molecule has 0 saturated carbocycles. The van der Waals surface area contributed by atoms with Gasteiger partial charge in [0.15, 0.2) is 0 Å². The minimum Gasteiger partial charge on any atom is -0.345 e. The summed E-state index contributed by atoms with van der Waals surface area (Å²) < 4.78 is 26.8. The highest BCUT2D eigenvalue weighted by Crippen LogP contribution is 2.22. The van der Waals surface area contributed by atoms with Gasteiger partial charge in [0.05, 0.1) is 16.6 Å². The number of hydrogen-bond donors (Lipinski definition) is 1. The minimum absolute atomic E-state index is 0.106. The molecule has 0 bridgehead atoms. The smallest absolute Gasteiger partial charge is 0.264 e. The maximum absolute atomic E-state index is 12.8. The zero-order valence-corrected chi connectivity index (χ0v) is 16.6. The fraction of sp³-hybridized carbons (Fsp3) is 0.150. The lowest BCUT2D eigenvalue weighted by atomic mass is 10.2. The van der Waals surface area contributed by atoms with Crippen molar-refractivity contribution in [2.45, 2.75) is 17.9 Å². The SMILES string of the molecule is C[C@H](NC(=O)c1ccc(S(=O)(=O)N(C)c2ccccc2)cc1)c1cccs1. The molecule has 0 fully saturated rings. The van der Waals surface area contributed by atoms with Crippen LogP contribution in [0.1, 0.15) is 28.2 Å². The molecule has 5 nitrogen and oxygen atoms in total. The molecule has 0 aliphatic rings. The van der Waals surface area contributed by atoms with E-state index in [1.165, 1.54) is 35.6 Å². The van der Waals surface area contributed by atoms with E-state index in [0.29, 0.717) is 11.3 Å². The molecule has 0 radical (unpaired) electrons. The molecule has 0 aliphatic carbocycles. The van der Waals surface area contributed by atoms with Crippen LogP contribution >= 0.6 is 11.3 Å². The van der Waals surface area contributed by atoms with Crippen molar-refractivity contribution < 1.29 is 13.2 Å². The molecule has 1 aromatic heterocycles. The van der Waals surface area contributed by atoms with Gasteiger partial charge in [0.2, 0.25) is 0 Å². The van der Waals surface area contributed by atoms with Crippen LogP contribution in [0, 0.1) is 0 Å². The van der Waals surface area contributed by atoms with E-state index < -0.39 is 10.0 Å². The van der Waals surface area contributed by atoms with E-state index in [2.05, 4.69) is 5.32 Å². The second-order valence-electron chi connectivity index (χ2n) is 6.04. The molecule has 1 amide bonds. The number of nitrogens with one attached hydrogen (secondary N) is 1. The van der Waals surface area contributed by atoms with Crippen LogP contribution in [0.3, 0.4) is 0 Å². The molecule has 0 aliphatic heterocycles. The number of carbonyl (C=O) groups is 1. The van der Waals surface area contributed by atoms with Crippen molar-refractivity contribution in [3.8, 4) is 0 Å². The quantitative estimate of drug-likeness (QED) is 0.678. The number of amides is 1. The molecular weight excluding hydrogens is 380 g/mol. The van der Waals surface area contributed by atoms with Crippen LogP contribution in [0.25, 0.3) is 0 Å². The number of benzene rings is 2. The second kappa shape index (κ2) is 7.94. The van der Waals surface area contributed by atoms with Gasteiger partial charge in [0, 0.05) is 17.5 Å². The van der Waals surface area contributed by atoms with Crippen molar-refractivity contribution >= 4 is 33.0 Å². The van der Waals surface area contributed by atoms with E-state index in [9.17, 15) is 13.2 Å². The first-order valence-corrected chi connectivity index (χ1v) is 10.7. The molecule has 0 spiro atoms. The molecule has 1 N–H and O–H groups in total. The summed E-state index contributed by atoms with van der Waals surface area (Å²) in [7, 11) is -2.18. The first kappa shape index (κ1) is 19.1. The van der Waals surface area contributed by atoms with Crippen molar-refractivity contribution in [2.75, 3.05) is 11.4 Å². The maximum atomic E-state index is 12.8. The number of para-hydroxylation sites is 1. The summed E-state index contributed by atoms with van der Waals surface area (Å²) in [5.41, 5.74) is 0.990. The standard InChI is InChI=1S/C20H20N2O3S2/c1-15(19-9-6-14-26-19)21-20(23)16-10-12-18(13-11-16)27(24,25)22(2)17-7-4-3-5-8-17/h3-15H,1-2H3,(H,21,23)/t15-/m0/s1. The van der Waals surface area contributed by atoms with E-state index in [1.807, 2.05) is 30.5 Å². The average molecular weight is 401 g/mol. The molecule has 3 rings (SSSR count). The van der Waals surface area contributed by atoms with Crippen molar-refractivity contribution in [2.24, 2.45) is 0 Å². The van der Waals surface area contributed by atoms with Crippen molar-refractivity contribution in [1.82, 2.24) is 5.32 Å². The van der Waals surface area contributed by atoms with E-state index >= 15 is 0 Å². The van der Waals surface area contributed by atoms with Gasteiger partial charge in [-0.25, -0.2) is 8.42 Å². The number of hydrogen-bond acceptors (Lipinski definition) is 4. The summed E-state index contributed by atoms with van der Waals surface area (Å²) in [5, 5.41) is 4.88. The lowest BCUT2D eigenvalue weighted by Crippen LogP contribution is -2.27. The zero-order valence-electron chi connectivity index (χ0n) is 15.0. The van der Waals surface area contributed by atoms with Crippen LogP contribution in [0.5, 0.6) is 0 Å². The summed E-state index contributed by atoms with van der Waals surface area (Å²) in [6.07, 6.45) is 0. The second-order valence-corrected chi connectivity index (χ2v) is 8.99. The molecule has 7 heteroatoms. The Labute approximate surface area is 163 Å². The molecule has 27 heavy (non-hydrogen) atoms. The predicted octanol–water partition coefficient (Wildman–Crippen LogP) is 4.06. The Morgan fingerprint density at radius 2 is 1.67 bits per heavy atom. The topological polar surface area (TPSA) is 66.5 Å². The molecule has 3 aromatic rings. The normalized spacial score (nSPS) is 12.4. The first-order chi connectivity index (χ1) is 12.9. The molecule has 2 aromatic carbocycles. The maximum Gasteiger partial charge on any atom is 0.264 e. The zero-order chi connectivity index (χ0) is 19.4. The van der Waals surface area contributed by atoms with Crippen LogP contribution in [0.15, 0.2) is 77.0 Å². The minimum atomic E-state index is -3.69. The summed E-state index contributed by atoms with van der Waals surface area (Å²) in [6.45, 7) is 1.91. The highest BCUT2D eigenvalue weighted by molar-refractivity contribution is 7.92. The van der Waals surface area contributed by atoms with Crippen LogP contribution in [-0.2, 0) is 10.0 Å². The number of anilines is 1. The van der Waals surface area contributed by atoms with E-state index in [-0.39, 0.29) is 16.8 Å². The van der Waals surface area contributed by atoms with Crippen LogP contribution in [0.2, 0.25) is 0 Å². The molecule has 0 saturated heterocycles. The molecule has 0 unspecified atom stereocenters.